The zero-order valence-electron chi connectivity index (χ0n) is 10.3. The van der Waals surface area contributed by atoms with E-state index in [-0.39, 0.29) is 17.7 Å². The molecule has 1 amide bonds. The number of carbonyl (C=O) groups is 1. The Balaban J connectivity index is 2.19. The molecular formula is C12H15N5O. The number of hydrogen-bond acceptors (Lipinski definition) is 4. The largest absolute Gasteiger partial charge is 0.366 e. The van der Waals surface area contributed by atoms with Crippen LogP contribution in [0.4, 0.5) is 11.6 Å². The van der Waals surface area contributed by atoms with E-state index in [0.29, 0.717) is 0 Å². The van der Waals surface area contributed by atoms with Crippen molar-refractivity contribution in [3.05, 3.63) is 35.7 Å². The van der Waals surface area contributed by atoms with Crippen molar-refractivity contribution < 1.29 is 4.79 Å². The van der Waals surface area contributed by atoms with Crippen molar-refractivity contribution in [3.8, 4) is 0 Å². The standard InChI is InChI=1S/C12H15N5O/c1-3-8-4-6-9(7-5-8)17(2)11(18)10-14-12(13)16-15-10/h4-7H,3H2,1-2H3,(H3,13,14,15,16). The smallest absolute Gasteiger partial charge is 0.295 e. The summed E-state index contributed by atoms with van der Waals surface area (Å²) in [7, 11) is 1.68. The molecule has 0 saturated heterocycles. The quantitative estimate of drug-likeness (QED) is 0.851. The zero-order chi connectivity index (χ0) is 13.1. The minimum absolute atomic E-state index is 0.0630. The average molecular weight is 245 g/mol. The number of hydrogen-bond donors (Lipinski definition) is 2. The number of rotatable bonds is 3. The van der Waals surface area contributed by atoms with Gasteiger partial charge in [0.1, 0.15) is 0 Å². The van der Waals surface area contributed by atoms with Crippen molar-refractivity contribution in [2.45, 2.75) is 13.3 Å². The Morgan fingerprint density at radius 1 is 1.39 bits per heavy atom. The summed E-state index contributed by atoms with van der Waals surface area (Å²) >= 11 is 0. The lowest BCUT2D eigenvalue weighted by atomic mass is 10.1. The van der Waals surface area contributed by atoms with Gasteiger partial charge in [-0.3, -0.25) is 9.89 Å². The normalized spacial score (nSPS) is 10.3. The van der Waals surface area contributed by atoms with Gasteiger partial charge >= 0.3 is 0 Å². The van der Waals surface area contributed by atoms with E-state index in [1.165, 1.54) is 10.5 Å². The van der Waals surface area contributed by atoms with E-state index in [9.17, 15) is 4.79 Å². The number of amides is 1. The fourth-order valence-corrected chi connectivity index (χ4v) is 1.60. The van der Waals surface area contributed by atoms with Gasteiger partial charge in [0, 0.05) is 12.7 Å². The molecule has 0 aliphatic heterocycles. The molecule has 1 aromatic heterocycles. The number of H-pyrrole nitrogens is 1. The van der Waals surface area contributed by atoms with Crippen molar-refractivity contribution in [1.29, 1.82) is 0 Å². The van der Waals surface area contributed by atoms with Crippen molar-refractivity contribution in [3.63, 3.8) is 0 Å². The Labute approximate surface area is 105 Å². The minimum atomic E-state index is -0.275. The van der Waals surface area contributed by atoms with Crippen LogP contribution in [0.5, 0.6) is 0 Å². The van der Waals surface area contributed by atoms with Gasteiger partial charge in [-0.05, 0) is 24.1 Å². The molecule has 18 heavy (non-hydrogen) atoms. The van der Waals surface area contributed by atoms with Crippen LogP contribution in [-0.2, 0) is 6.42 Å². The summed E-state index contributed by atoms with van der Waals surface area (Å²) in [6.07, 6.45) is 0.969. The molecule has 0 aliphatic rings. The highest BCUT2D eigenvalue weighted by Gasteiger charge is 2.17. The van der Waals surface area contributed by atoms with E-state index >= 15 is 0 Å². The Bertz CT molecular complexity index is 546. The molecule has 0 bridgehead atoms. The molecule has 0 saturated carbocycles. The first-order chi connectivity index (χ1) is 8.61. The number of aromatic nitrogens is 3. The summed E-state index contributed by atoms with van der Waals surface area (Å²) in [5, 5.41) is 6.14. The van der Waals surface area contributed by atoms with Crippen molar-refractivity contribution in [2.24, 2.45) is 0 Å². The first kappa shape index (κ1) is 12.1. The molecule has 0 fully saturated rings. The number of anilines is 2. The topological polar surface area (TPSA) is 87.9 Å². The lowest BCUT2D eigenvalue weighted by Gasteiger charge is -2.15. The number of aromatic amines is 1. The minimum Gasteiger partial charge on any atom is -0.366 e. The van der Waals surface area contributed by atoms with Gasteiger partial charge in [0.05, 0.1) is 0 Å². The van der Waals surface area contributed by atoms with E-state index < -0.39 is 0 Å². The van der Waals surface area contributed by atoms with E-state index in [4.69, 9.17) is 5.73 Å². The Morgan fingerprint density at radius 3 is 2.56 bits per heavy atom. The summed E-state index contributed by atoms with van der Waals surface area (Å²) in [6.45, 7) is 2.08. The lowest BCUT2D eigenvalue weighted by molar-refractivity contribution is 0.0983. The summed E-state index contributed by atoms with van der Waals surface area (Å²) in [5.41, 5.74) is 7.39. The number of aryl methyl sites for hydroxylation is 1. The number of benzene rings is 1. The predicted molar refractivity (Wildman–Crippen MR) is 69.3 cm³/mol. The van der Waals surface area contributed by atoms with Gasteiger partial charge in [0.2, 0.25) is 11.8 Å². The molecule has 0 radical (unpaired) electrons. The number of nitrogen functional groups attached to an aromatic ring is 1. The fraction of sp³-hybridized carbons (Fsp3) is 0.250. The molecule has 2 rings (SSSR count). The second kappa shape index (κ2) is 4.87. The predicted octanol–water partition coefficient (Wildman–Crippen LogP) is 1.23. The fourth-order valence-electron chi connectivity index (χ4n) is 1.60. The Morgan fingerprint density at radius 2 is 2.06 bits per heavy atom. The van der Waals surface area contributed by atoms with Crippen LogP contribution in [0.2, 0.25) is 0 Å². The summed E-state index contributed by atoms with van der Waals surface area (Å²) < 4.78 is 0. The monoisotopic (exact) mass is 245 g/mol. The molecule has 0 aliphatic carbocycles. The second-order valence-corrected chi connectivity index (χ2v) is 3.93. The molecule has 6 heteroatoms. The first-order valence-electron chi connectivity index (χ1n) is 5.66. The first-order valence-corrected chi connectivity index (χ1v) is 5.66. The highest BCUT2D eigenvalue weighted by molar-refractivity contribution is 6.03. The highest BCUT2D eigenvalue weighted by Crippen LogP contribution is 2.15. The Hall–Kier alpha value is -2.37. The van der Waals surface area contributed by atoms with E-state index in [2.05, 4.69) is 22.1 Å². The summed E-state index contributed by atoms with van der Waals surface area (Å²) in [5.74, 6) is -0.0777. The molecule has 1 aromatic carbocycles. The van der Waals surface area contributed by atoms with Crippen LogP contribution in [0.3, 0.4) is 0 Å². The molecule has 6 nitrogen and oxygen atoms in total. The molecule has 0 atom stereocenters. The van der Waals surface area contributed by atoms with Crippen molar-refractivity contribution in [1.82, 2.24) is 15.2 Å². The maximum Gasteiger partial charge on any atom is 0.295 e. The van der Waals surface area contributed by atoms with Gasteiger partial charge in [0.25, 0.3) is 5.91 Å². The van der Waals surface area contributed by atoms with Gasteiger partial charge in [-0.25, -0.2) is 0 Å². The molecule has 3 N–H and O–H groups in total. The van der Waals surface area contributed by atoms with Gasteiger partial charge in [-0.15, -0.1) is 5.10 Å². The van der Waals surface area contributed by atoms with E-state index in [1.807, 2.05) is 24.3 Å². The molecule has 94 valence electrons. The van der Waals surface area contributed by atoms with Crippen molar-refractivity contribution in [2.75, 3.05) is 17.7 Å². The third kappa shape index (κ3) is 2.32. The average Bonchev–Trinajstić information content (AvgIpc) is 2.84. The molecule has 0 spiro atoms. The summed E-state index contributed by atoms with van der Waals surface area (Å²) in [6, 6.07) is 7.79. The van der Waals surface area contributed by atoms with Gasteiger partial charge in [-0.1, -0.05) is 19.1 Å². The maximum absolute atomic E-state index is 12.0. The highest BCUT2D eigenvalue weighted by atomic mass is 16.2. The number of carbonyl (C=O) groups excluding carboxylic acids is 1. The molecule has 2 aromatic rings. The second-order valence-electron chi connectivity index (χ2n) is 3.93. The molecule has 1 heterocycles. The Kier molecular flexibility index (Phi) is 3.27. The molecule has 0 unspecified atom stereocenters. The van der Waals surface area contributed by atoms with Crippen LogP contribution in [-0.4, -0.2) is 28.1 Å². The lowest BCUT2D eigenvalue weighted by Crippen LogP contribution is -2.27. The van der Waals surface area contributed by atoms with Crippen LogP contribution in [0.15, 0.2) is 24.3 Å². The van der Waals surface area contributed by atoms with Crippen LogP contribution in [0.1, 0.15) is 23.1 Å². The number of nitrogens with zero attached hydrogens (tertiary/aromatic N) is 3. The van der Waals surface area contributed by atoms with Crippen LogP contribution >= 0.6 is 0 Å². The third-order valence-corrected chi connectivity index (χ3v) is 2.74. The van der Waals surface area contributed by atoms with Gasteiger partial charge in [0.15, 0.2) is 0 Å². The molecular weight excluding hydrogens is 230 g/mol. The number of nitrogens with one attached hydrogen (secondary N) is 1. The number of nitrogens with two attached hydrogens (primary N) is 1. The van der Waals surface area contributed by atoms with Crippen LogP contribution in [0.25, 0.3) is 0 Å². The van der Waals surface area contributed by atoms with Gasteiger partial charge < -0.3 is 10.6 Å². The SMILES string of the molecule is CCc1ccc(N(C)C(=O)c2nc(N)n[nH]2)cc1. The van der Waals surface area contributed by atoms with Crippen LogP contribution in [0, 0.1) is 0 Å². The van der Waals surface area contributed by atoms with E-state index in [1.54, 1.807) is 7.05 Å². The van der Waals surface area contributed by atoms with Crippen LogP contribution < -0.4 is 10.6 Å². The third-order valence-electron chi connectivity index (χ3n) is 2.74. The summed E-state index contributed by atoms with van der Waals surface area (Å²) in [4.78, 5) is 17.4. The van der Waals surface area contributed by atoms with Crippen molar-refractivity contribution >= 4 is 17.5 Å². The maximum atomic E-state index is 12.0. The van der Waals surface area contributed by atoms with Gasteiger partial charge in [-0.2, -0.15) is 4.98 Å². The zero-order valence-corrected chi connectivity index (χ0v) is 10.3. The van der Waals surface area contributed by atoms with E-state index in [0.717, 1.165) is 12.1 Å².